The number of benzene rings is 2. The molecule has 0 aromatic heterocycles. The van der Waals surface area contributed by atoms with Crippen LogP contribution in [0.1, 0.15) is 12.5 Å². The van der Waals surface area contributed by atoms with Gasteiger partial charge in [-0.05, 0) is 37.3 Å². The lowest BCUT2D eigenvalue weighted by atomic mass is 10.2. The van der Waals surface area contributed by atoms with Crippen LogP contribution in [0.5, 0.6) is 5.75 Å². The first-order chi connectivity index (χ1) is 12.9. The number of halogens is 1. The van der Waals surface area contributed by atoms with Crippen LogP contribution in [0.3, 0.4) is 0 Å². The second kappa shape index (κ2) is 9.30. The van der Waals surface area contributed by atoms with E-state index in [-0.39, 0.29) is 16.3 Å². The SMILES string of the molecule is CCOc1ccc(NC(=O)C(=O)N/N=C/c2cc([N+](=O)[O-])ccc2Cl)cc1. The lowest BCUT2D eigenvalue weighted by Crippen LogP contribution is -2.32. The van der Waals surface area contributed by atoms with Gasteiger partial charge in [0.15, 0.2) is 0 Å². The van der Waals surface area contributed by atoms with Crippen LogP contribution < -0.4 is 15.5 Å². The molecule has 2 amide bonds. The highest BCUT2D eigenvalue weighted by Crippen LogP contribution is 2.20. The normalized spacial score (nSPS) is 10.4. The van der Waals surface area contributed by atoms with Gasteiger partial charge in [-0.2, -0.15) is 5.10 Å². The zero-order valence-electron chi connectivity index (χ0n) is 14.1. The average Bonchev–Trinajstić information content (AvgIpc) is 2.64. The lowest BCUT2D eigenvalue weighted by Gasteiger charge is -2.06. The van der Waals surface area contributed by atoms with Gasteiger partial charge in [0.05, 0.1) is 17.7 Å². The van der Waals surface area contributed by atoms with Crippen LogP contribution in [0, 0.1) is 10.1 Å². The maximum atomic E-state index is 11.8. The number of nitro benzene ring substituents is 1. The van der Waals surface area contributed by atoms with Crippen LogP contribution >= 0.6 is 11.6 Å². The maximum Gasteiger partial charge on any atom is 0.329 e. The van der Waals surface area contributed by atoms with Gasteiger partial charge in [0.2, 0.25) is 0 Å². The summed E-state index contributed by atoms with van der Waals surface area (Å²) in [5, 5.41) is 17.0. The number of anilines is 1. The highest BCUT2D eigenvalue weighted by atomic mass is 35.5. The Bertz CT molecular complexity index is 883. The fraction of sp³-hybridized carbons (Fsp3) is 0.118. The van der Waals surface area contributed by atoms with E-state index in [1.54, 1.807) is 24.3 Å². The predicted molar refractivity (Wildman–Crippen MR) is 100 cm³/mol. The highest BCUT2D eigenvalue weighted by Gasteiger charge is 2.13. The largest absolute Gasteiger partial charge is 0.494 e. The maximum absolute atomic E-state index is 11.8. The first-order valence-corrected chi connectivity index (χ1v) is 8.09. The van der Waals surface area contributed by atoms with Crippen molar-refractivity contribution in [1.82, 2.24) is 5.43 Å². The topological polar surface area (TPSA) is 123 Å². The number of amides is 2. The van der Waals surface area contributed by atoms with Crippen molar-refractivity contribution in [2.45, 2.75) is 6.92 Å². The summed E-state index contributed by atoms with van der Waals surface area (Å²) < 4.78 is 5.28. The zero-order chi connectivity index (χ0) is 19.8. The molecular formula is C17H15ClN4O5. The zero-order valence-corrected chi connectivity index (χ0v) is 14.9. The van der Waals surface area contributed by atoms with Gasteiger partial charge >= 0.3 is 11.8 Å². The first kappa shape index (κ1) is 19.9. The molecule has 0 radical (unpaired) electrons. The van der Waals surface area contributed by atoms with Crippen molar-refractivity contribution in [3.63, 3.8) is 0 Å². The molecule has 0 aliphatic heterocycles. The Morgan fingerprint density at radius 3 is 2.56 bits per heavy atom. The van der Waals surface area contributed by atoms with Crippen LogP contribution in [-0.2, 0) is 9.59 Å². The Labute approximate surface area is 159 Å². The molecule has 0 bridgehead atoms. The third-order valence-electron chi connectivity index (χ3n) is 3.19. The van der Waals surface area contributed by atoms with E-state index >= 15 is 0 Å². The third kappa shape index (κ3) is 5.79. The number of non-ortho nitro benzene ring substituents is 1. The van der Waals surface area contributed by atoms with Crippen LogP contribution in [0.2, 0.25) is 5.02 Å². The summed E-state index contributed by atoms with van der Waals surface area (Å²) in [6.07, 6.45) is 1.11. The van der Waals surface area contributed by atoms with E-state index < -0.39 is 16.7 Å². The minimum atomic E-state index is -1.01. The third-order valence-corrected chi connectivity index (χ3v) is 3.53. The summed E-state index contributed by atoms with van der Waals surface area (Å²) >= 11 is 5.91. The molecule has 0 heterocycles. The smallest absolute Gasteiger partial charge is 0.329 e. The Hall–Kier alpha value is -3.46. The van der Waals surface area contributed by atoms with Gasteiger partial charge in [0.25, 0.3) is 5.69 Å². The second-order valence-corrected chi connectivity index (χ2v) is 5.48. The Kier molecular flexibility index (Phi) is 6.84. The monoisotopic (exact) mass is 390 g/mol. The van der Waals surface area contributed by atoms with E-state index in [2.05, 4.69) is 10.4 Å². The van der Waals surface area contributed by atoms with Gasteiger partial charge < -0.3 is 10.1 Å². The second-order valence-electron chi connectivity index (χ2n) is 5.07. The lowest BCUT2D eigenvalue weighted by molar-refractivity contribution is -0.384. The molecule has 27 heavy (non-hydrogen) atoms. The summed E-state index contributed by atoms with van der Waals surface area (Å²) in [5.41, 5.74) is 2.47. The number of hydrogen-bond donors (Lipinski definition) is 2. The van der Waals surface area contributed by atoms with Gasteiger partial charge in [-0.15, -0.1) is 0 Å². The van der Waals surface area contributed by atoms with Crippen molar-refractivity contribution in [2.24, 2.45) is 5.10 Å². The average molecular weight is 391 g/mol. The number of nitrogens with zero attached hydrogens (tertiary/aromatic N) is 2. The van der Waals surface area contributed by atoms with Crippen LogP contribution in [0.25, 0.3) is 0 Å². The molecule has 0 aliphatic rings. The standard InChI is InChI=1S/C17H15ClN4O5/c1-2-27-14-6-3-12(4-7-14)20-16(23)17(24)21-19-10-11-9-13(22(25)26)5-8-15(11)18/h3-10H,2H2,1H3,(H,20,23)(H,21,24)/b19-10+. The first-order valence-electron chi connectivity index (χ1n) is 7.72. The van der Waals surface area contributed by atoms with Crippen molar-refractivity contribution < 1.29 is 19.2 Å². The minimum Gasteiger partial charge on any atom is -0.494 e. The highest BCUT2D eigenvalue weighted by molar-refractivity contribution is 6.39. The quantitative estimate of drug-likeness (QED) is 0.340. The van der Waals surface area contributed by atoms with Gasteiger partial charge in [-0.25, -0.2) is 5.43 Å². The molecule has 0 saturated carbocycles. The molecule has 0 aliphatic carbocycles. The van der Waals surface area contributed by atoms with Crippen molar-refractivity contribution in [2.75, 3.05) is 11.9 Å². The molecule has 2 rings (SSSR count). The van der Waals surface area contributed by atoms with Gasteiger partial charge in [-0.3, -0.25) is 19.7 Å². The number of ether oxygens (including phenoxy) is 1. The van der Waals surface area contributed by atoms with Gasteiger partial charge in [0.1, 0.15) is 5.75 Å². The van der Waals surface area contributed by atoms with Crippen LogP contribution in [0.4, 0.5) is 11.4 Å². The number of nitrogens with one attached hydrogen (secondary N) is 2. The van der Waals surface area contributed by atoms with Crippen molar-refractivity contribution in [1.29, 1.82) is 0 Å². The molecule has 2 aromatic rings. The summed E-state index contributed by atoms with van der Waals surface area (Å²) in [6, 6.07) is 10.2. The predicted octanol–water partition coefficient (Wildman–Crippen LogP) is 2.74. The van der Waals surface area contributed by atoms with E-state index in [4.69, 9.17) is 16.3 Å². The molecule has 0 saturated heterocycles. The number of carbonyl (C=O) groups is 2. The number of rotatable bonds is 6. The molecule has 0 atom stereocenters. The summed E-state index contributed by atoms with van der Waals surface area (Å²) in [6.45, 7) is 2.36. The summed E-state index contributed by atoms with van der Waals surface area (Å²) in [5.74, 6) is -1.30. The molecule has 0 fully saturated rings. The fourth-order valence-electron chi connectivity index (χ4n) is 1.94. The Morgan fingerprint density at radius 2 is 1.93 bits per heavy atom. The molecule has 10 heteroatoms. The molecule has 140 valence electrons. The molecule has 2 aromatic carbocycles. The van der Waals surface area contributed by atoms with Gasteiger partial charge in [0, 0.05) is 28.4 Å². The number of nitro groups is 1. The molecule has 0 unspecified atom stereocenters. The summed E-state index contributed by atoms with van der Waals surface area (Å²) in [7, 11) is 0. The summed E-state index contributed by atoms with van der Waals surface area (Å²) in [4.78, 5) is 33.8. The van der Waals surface area contributed by atoms with E-state index in [0.717, 1.165) is 6.21 Å². The molecule has 2 N–H and O–H groups in total. The van der Waals surface area contributed by atoms with E-state index in [1.165, 1.54) is 18.2 Å². The Morgan fingerprint density at radius 1 is 1.22 bits per heavy atom. The van der Waals surface area contributed by atoms with Crippen molar-refractivity contribution in [3.8, 4) is 5.75 Å². The minimum absolute atomic E-state index is 0.180. The number of carbonyl (C=O) groups excluding carboxylic acids is 2. The van der Waals surface area contributed by atoms with E-state index in [0.29, 0.717) is 18.0 Å². The van der Waals surface area contributed by atoms with Gasteiger partial charge in [-0.1, -0.05) is 11.6 Å². The molecular weight excluding hydrogens is 376 g/mol. The molecule has 9 nitrogen and oxygen atoms in total. The van der Waals surface area contributed by atoms with E-state index in [1.807, 2.05) is 12.3 Å². The van der Waals surface area contributed by atoms with Crippen molar-refractivity contribution in [3.05, 3.63) is 63.2 Å². The Balaban J connectivity index is 1.94. The van der Waals surface area contributed by atoms with Crippen LogP contribution in [-0.4, -0.2) is 29.6 Å². The molecule has 0 spiro atoms. The van der Waals surface area contributed by atoms with Crippen molar-refractivity contribution >= 4 is 41.0 Å². The number of hydrazone groups is 1. The van der Waals surface area contributed by atoms with Crippen LogP contribution in [0.15, 0.2) is 47.6 Å². The van der Waals surface area contributed by atoms with E-state index in [9.17, 15) is 19.7 Å². The number of hydrogen-bond acceptors (Lipinski definition) is 6. The fourth-order valence-corrected chi connectivity index (χ4v) is 2.11.